The molecule has 1 rings (SSSR count). The lowest BCUT2D eigenvalue weighted by Gasteiger charge is -2.41. The first-order valence-corrected chi connectivity index (χ1v) is 3.58. The van der Waals surface area contributed by atoms with Crippen molar-refractivity contribution in [2.24, 2.45) is 5.41 Å². The van der Waals surface area contributed by atoms with E-state index < -0.39 is 24.2 Å². The lowest BCUT2D eigenvalue weighted by molar-refractivity contribution is -0.164. The summed E-state index contributed by atoms with van der Waals surface area (Å²) in [5.41, 5.74) is -0.964. The average molecular weight is 162 g/mol. The van der Waals surface area contributed by atoms with Gasteiger partial charge in [0.15, 0.2) is 0 Å². The summed E-state index contributed by atoms with van der Waals surface area (Å²) in [7, 11) is 0. The van der Waals surface area contributed by atoms with Gasteiger partial charge < -0.3 is 10.2 Å². The fourth-order valence-corrected chi connectivity index (χ4v) is 1.51. The van der Waals surface area contributed by atoms with E-state index in [4.69, 9.17) is 10.2 Å². The molecule has 0 saturated heterocycles. The number of aliphatic hydroxyl groups is 1. The first kappa shape index (κ1) is 8.46. The minimum absolute atomic E-state index is 0.0272. The van der Waals surface area contributed by atoms with E-state index in [1.165, 1.54) is 0 Å². The van der Waals surface area contributed by atoms with Crippen LogP contribution in [-0.2, 0) is 4.79 Å². The third-order valence-electron chi connectivity index (χ3n) is 2.28. The van der Waals surface area contributed by atoms with Crippen LogP contribution in [0.1, 0.15) is 19.3 Å². The van der Waals surface area contributed by atoms with Crippen LogP contribution in [0.15, 0.2) is 0 Å². The number of rotatable bonds is 3. The summed E-state index contributed by atoms with van der Waals surface area (Å²) >= 11 is 0. The van der Waals surface area contributed by atoms with Crippen LogP contribution in [-0.4, -0.2) is 29.0 Å². The number of alkyl halides is 1. The number of hydrogen-bond acceptors (Lipinski definition) is 2. The molecule has 0 unspecified atom stereocenters. The Bertz CT molecular complexity index is 158. The van der Waals surface area contributed by atoms with Crippen LogP contribution in [0, 0.1) is 5.41 Å². The molecular formula is C7H11FO3. The van der Waals surface area contributed by atoms with Gasteiger partial charge in [0, 0.05) is 0 Å². The van der Waals surface area contributed by atoms with Crippen molar-refractivity contribution in [3.8, 4) is 0 Å². The molecule has 0 atom stereocenters. The van der Waals surface area contributed by atoms with Crippen LogP contribution >= 0.6 is 0 Å². The Morgan fingerprint density at radius 3 is 2.45 bits per heavy atom. The summed E-state index contributed by atoms with van der Waals surface area (Å²) in [4.78, 5) is 10.6. The zero-order valence-corrected chi connectivity index (χ0v) is 6.09. The number of carboxylic acids is 1. The summed E-state index contributed by atoms with van der Waals surface area (Å²) < 4.78 is 11.9. The monoisotopic (exact) mass is 162 g/mol. The topological polar surface area (TPSA) is 57.5 Å². The third kappa shape index (κ3) is 1.35. The second-order valence-corrected chi connectivity index (χ2v) is 3.09. The van der Waals surface area contributed by atoms with Crippen LogP contribution < -0.4 is 0 Å². The molecule has 2 N–H and O–H groups in total. The molecule has 0 heterocycles. The standard InChI is InChI=1S/C7H11FO3/c8-2-1-7(6(10)11)3-5(9)4-7/h5,9H,1-4H2,(H,10,11). The van der Waals surface area contributed by atoms with Crippen LogP contribution in [0.25, 0.3) is 0 Å². The molecule has 0 spiro atoms. The minimum Gasteiger partial charge on any atom is -0.481 e. The van der Waals surface area contributed by atoms with Crippen molar-refractivity contribution in [2.75, 3.05) is 6.67 Å². The molecule has 0 amide bonds. The van der Waals surface area contributed by atoms with Crippen molar-refractivity contribution in [1.29, 1.82) is 0 Å². The molecule has 0 bridgehead atoms. The highest BCUT2D eigenvalue weighted by atomic mass is 19.1. The number of halogens is 1. The van der Waals surface area contributed by atoms with Gasteiger partial charge in [0.1, 0.15) is 0 Å². The number of hydrogen-bond donors (Lipinski definition) is 2. The summed E-state index contributed by atoms with van der Waals surface area (Å²) in [5.74, 6) is -0.986. The highest BCUT2D eigenvalue weighted by Gasteiger charge is 2.49. The molecule has 1 fully saturated rings. The molecule has 4 heteroatoms. The van der Waals surface area contributed by atoms with Gasteiger partial charge in [0.05, 0.1) is 18.2 Å². The van der Waals surface area contributed by atoms with Crippen LogP contribution in [0.4, 0.5) is 4.39 Å². The molecule has 0 aliphatic heterocycles. The fourth-order valence-electron chi connectivity index (χ4n) is 1.51. The van der Waals surface area contributed by atoms with Gasteiger partial charge >= 0.3 is 5.97 Å². The highest BCUT2D eigenvalue weighted by molar-refractivity contribution is 5.76. The zero-order chi connectivity index (χ0) is 8.48. The predicted octanol–water partition coefficient (Wildman–Crippen LogP) is 0.572. The summed E-state index contributed by atoms with van der Waals surface area (Å²) in [6.45, 7) is -0.626. The summed E-state index contributed by atoms with van der Waals surface area (Å²) in [6.07, 6.45) is -0.115. The molecule has 1 saturated carbocycles. The predicted molar refractivity (Wildman–Crippen MR) is 35.9 cm³/mol. The Morgan fingerprint density at radius 1 is 1.64 bits per heavy atom. The minimum atomic E-state index is -0.986. The van der Waals surface area contributed by atoms with E-state index in [1.807, 2.05) is 0 Å². The average Bonchev–Trinajstić information content (AvgIpc) is 1.84. The molecule has 11 heavy (non-hydrogen) atoms. The number of carboxylic acid groups (broad SMARTS) is 1. The summed E-state index contributed by atoms with van der Waals surface area (Å²) in [6, 6.07) is 0. The maximum atomic E-state index is 11.9. The number of carbonyl (C=O) groups is 1. The Kier molecular flexibility index (Phi) is 2.13. The normalized spacial score (nSPS) is 36.4. The van der Waals surface area contributed by atoms with Crippen molar-refractivity contribution < 1.29 is 19.4 Å². The first-order valence-electron chi connectivity index (χ1n) is 3.58. The quantitative estimate of drug-likeness (QED) is 0.637. The van der Waals surface area contributed by atoms with E-state index in [2.05, 4.69) is 0 Å². The second-order valence-electron chi connectivity index (χ2n) is 3.09. The SMILES string of the molecule is O=C(O)C1(CCF)CC(O)C1. The lowest BCUT2D eigenvalue weighted by atomic mass is 9.65. The van der Waals surface area contributed by atoms with Crippen molar-refractivity contribution in [2.45, 2.75) is 25.4 Å². The summed E-state index contributed by atoms with van der Waals surface area (Å²) in [5, 5.41) is 17.5. The van der Waals surface area contributed by atoms with Crippen LogP contribution in [0.2, 0.25) is 0 Å². The molecule has 3 nitrogen and oxygen atoms in total. The van der Waals surface area contributed by atoms with E-state index >= 15 is 0 Å². The first-order chi connectivity index (χ1) is 5.10. The molecule has 0 aromatic carbocycles. The van der Waals surface area contributed by atoms with Gasteiger partial charge in [0.2, 0.25) is 0 Å². The largest absolute Gasteiger partial charge is 0.481 e. The van der Waals surface area contributed by atoms with Gasteiger partial charge in [-0.05, 0) is 19.3 Å². The van der Waals surface area contributed by atoms with E-state index in [1.54, 1.807) is 0 Å². The molecule has 1 aliphatic carbocycles. The van der Waals surface area contributed by atoms with Gasteiger partial charge in [-0.1, -0.05) is 0 Å². The van der Waals surface area contributed by atoms with Crippen molar-refractivity contribution >= 4 is 5.97 Å². The Balaban J connectivity index is 2.53. The van der Waals surface area contributed by atoms with E-state index in [9.17, 15) is 9.18 Å². The molecule has 0 radical (unpaired) electrons. The Morgan fingerprint density at radius 2 is 2.18 bits per heavy atom. The maximum Gasteiger partial charge on any atom is 0.309 e. The van der Waals surface area contributed by atoms with Crippen molar-refractivity contribution in [3.05, 3.63) is 0 Å². The molecule has 64 valence electrons. The molecule has 1 aliphatic rings. The van der Waals surface area contributed by atoms with E-state index in [-0.39, 0.29) is 19.3 Å². The van der Waals surface area contributed by atoms with Gasteiger partial charge in [-0.15, -0.1) is 0 Å². The molecule has 0 aromatic heterocycles. The van der Waals surface area contributed by atoms with Gasteiger partial charge in [-0.25, -0.2) is 0 Å². The molecular weight excluding hydrogens is 151 g/mol. The van der Waals surface area contributed by atoms with E-state index in [0.717, 1.165) is 0 Å². The number of aliphatic hydroxyl groups excluding tert-OH is 1. The lowest BCUT2D eigenvalue weighted by Crippen LogP contribution is -2.47. The van der Waals surface area contributed by atoms with Crippen LogP contribution in [0.3, 0.4) is 0 Å². The third-order valence-corrected chi connectivity index (χ3v) is 2.28. The smallest absolute Gasteiger partial charge is 0.309 e. The Hall–Kier alpha value is -0.640. The van der Waals surface area contributed by atoms with Gasteiger partial charge in [-0.2, -0.15) is 0 Å². The zero-order valence-electron chi connectivity index (χ0n) is 6.09. The van der Waals surface area contributed by atoms with Crippen molar-refractivity contribution in [1.82, 2.24) is 0 Å². The van der Waals surface area contributed by atoms with Gasteiger partial charge in [0.25, 0.3) is 0 Å². The second kappa shape index (κ2) is 2.77. The van der Waals surface area contributed by atoms with E-state index in [0.29, 0.717) is 0 Å². The van der Waals surface area contributed by atoms with Gasteiger partial charge in [-0.3, -0.25) is 9.18 Å². The molecule has 0 aromatic rings. The van der Waals surface area contributed by atoms with Crippen molar-refractivity contribution in [3.63, 3.8) is 0 Å². The number of aliphatic carboxylic acids is 1. The maximum absolute atomic E-state index is 11.9. The van der Waals surface area contributed by atoms with Crippen LogP contribution in [0.5, 0.6) is 0 Å². The fraction of sp³-hybridized carbons (Fsp3) is 0.857. The Labute approximate surface area is 63.8 Å². The highest BCUT2D eigenvalue weighted by Crippen LogP contribution is 2.44.